The summed E-state index contributed by atoms with van der Waals surface area (Å²) in [7, 11) is 0. The topological polar surface area (TPSA) is 73.7 Å². The molecule has 1 saturated heterocycles. The first kappa shape index (κ1) is 20.1. The number of halogens is 2. The molecule has 1 aromatic heterocycles. The second-order valence-corrected chi connectivity index (χ2v) is 8.04. The molecule has 1 N–H and O–H groups in total. The minimum absolute atomic E-state index is 0.0332. The molecule has 0 spiro atoms. The number of nitrogens with one attached hydrogen (secondary N) is 1. The van der Waals surface area contributed by atoms with Gasteiger partial charge in [-0.1, -0.05) is 23.2 Å². The maximum Gasteiger partial charge on any atom is 0.239 e. The number of hydrazone groups is 1. The summed E-state index contributed by atoms with van der Waals surface area (Å²) in [4.78, 5) is 23.3. The first-order valence-corrected chi connectivity index (χ1v) is 10.4. The third-order valence-electron chi connectivity index (χ3n) is 5.19. The lowest BCUT2D eigenvalue weighted by Crippen LogP contribution is -2.42. The highest BCUT2D eigenvalue weighted by Gasteiger charge is 2.24. The third kappa shape index (κ3) is 5.04. The first-order valence-electron chi connectivity index (χ1n) is 9.67. The van der Waals surface area contributed by atoms with Crippen molar-refractivity contribution in [3.8, 4) is 0 Å². The van der Waals surface area contributed by atoms with E-state index in [1.807, 2.05) is 17.1 Å². The maximum absolute atomic E-state index is 12.4. The van der Waals surface area contributed by atoms with E-state index in [0.29, 0.717) is 41.3 Å². The average molecular weight is 433 g/mol. The van der Waals surface area contributed by atoms with Gasteiger partial charge < -0.3 is 5.32 Å². The molecule has 4 rings (SSSR count). The number of rotatable bonds is 4. The Morgan fingerprint density at radius 2 is 1.86 bits per heavy atom. The van der Waals surface area contributed by atoms with Crippen molar-refractivity contribution >= 4 is 40.6 Å². The van der Waals surface area contributed by atoms with Crippen molar-refractivity contribution in [3.05, 3.63) is 52.5 Å². The van der Waals surface area contributed by atoms with Crippen LogP contribution in [-0.4, -0.2) is 52.8 Å². The van der Waals surface area contributed by atoms with E-state index in [1.165, 1.54) is 0 Å². The Bertz CT molecular complexity index is 899. The number of hydrogen-bond acceptors (Lipinski definition) is 6. The number of benzene rings is 1. The average Bonchev–Trinajstić information content (AvgIpc) is 3.19. The van der Waals surface area contributed by atoms with Gasteiger partial charge in [0.25, 0.3) is 0 Å². The summed E-state index contributed by atoms with van der Waals surface area (Å²) in [6.45, 7) is 2.78. The molecule has 2 aliphatic heterocycles. The molecule has 0 atom stereocenters. The molecule has 2 aromatic rings. The summed E-state index contributed by atoms with van der Waals surface area (Å²) < 4.78 is 0. The van der Waals surface area contributed by atoms with Crippen LogP contribution in [0.2, 0.25) is 10.0 Å². The van der Waals surface area contributed by atoms with Crippen LogP contribution in [0.15, 0.2) is 41.8 Å². The zero-order valence-electron chi connectivity index (χ0n) is 15.9. The molecular weight excluding hydrogens is 411 g/mol. The number of piperidine rings is 1. The van der Waals surface area contributed by atoms with E-state index in [1.54, 1.807) is 24.5 Å². The number of carbonyl (C=O) groups excluding carboxylic acids is 1. The van der Waals surface area contributed by atoms with Gasteiger partial charge in [-0.3, -0.25) is 14.7 Å². The minimum atomic E-state index is -0.0332. The van der Waals surface area contributed by atoms with Crippen LogP contribution < -0.4 is 10.3 Å². The molecule has 0 radical (unpaired) electrons. The highest BCUT2D eigenvalue weighted by molar-refractivity contribution is 6.42. The Morgan fingerprint density at radius 1 is 1.10 bits per heavy atom. The predicted molar refractivity (Wildman–Crippen MR) is 114 cm³/mol. The minimum Gasteiger partial charge on any atom is -0.312 e. The number of hydrogen-bond donors (Lipinski definition) is 1. The Hall–Kier alpha value is -2.22. The van der Waals surface area contributed by atoms with Gasteiger partial charge in [-0.25, -0.2) is 9.97 Å². The summed E-state index contributed by atoms with van der Waals surface area (Å²) in [6.07, 6.45) is 6.17. The van der Waals surface area contributed by atoms with Gasteiger partial charge in [0.1, 0.15) is 11.7 Å². The van der Waals surface area contributed by atoms with Gasteiger partial charge in [0, 0.05) is 31.3 Å². The first-order chi connectivity index (χ1) is 14.1. The van der Waals surface area contributed by atoms with Crippen LogP contribution in [-0.2, 0) is 4.79 Å². The fourth-order valence-corrected chi connectivity index (χ4v) is 3.94. The SMILES string of the molecule is O=C(CN1CCC(c2ncccn2)CC1)NC1=NN(c2ccc(Cl)c(Cl)c2)CC1. The fourth-order valence-electron chi connectivity index (χ4n) is 3.65. The van der Waals surface area contributed by atoms with E-state index in [2.05, 4.69) is 25.3 Å². The van der Waals surface area contributed by atoms with Gasteiger partial charge in [-0.05, 0) is 50.2 Å². The molecule has 0 unspecified atom stereocenters. The van der Waals surface area contributed by atoms with Crippen molar-refractivity contribution in [1.29, 1.82) is 0 Å². The predicted octanol–water partition coefficient (Wildman–Crippen LogP) is 3.30. The van der Waals surface area contributed by atoms with E-state index in [0.717, 1.165) is 37.4 Å². The quantitative estimate of drug-likeness (QED) is 0.801. The zero-order valence-corrected chi connectivity index (χ0v) is 17.4. The second-order valence-electron chi connectivity index (χ2n) is 7.22. The Labute approximate surface area is 179 Å². The highest BCUT2D eigenvalue weighted by Crippen LogP contribution is 2.28. The maximum atomic E-state index is 12.4. The number of anilines is 1. The molecular formula is C20H22Cl2N6O. The lowest BCUT2D eigenvalue weighted by atomic mass is 9.96. The van der Waals surface area contributed by atoms with Crippen molar-refractivity contribution < 1.29 is 4.79 Å². The molecule has 0 aliphatic carbocycles. The van der Waals surface area contributed by atoms with E-state index >= 15 is 0 Å². The van der Waals surface area contributed by atoms with Crippen molar-refractivity contribution in [2.75, 3.05) is 31.2 Å². The number of amides is 1. The molecule has 9 heteroatoms. The van der Waals surface area contributed by atoms with Crippen LogP contribution in [0.1, 0.15) is 31.0 Å². The van der Waals surface area contributed by atoms with Gasteiger partial charge in [0.15, 0.2) is 0 Å². The van der Waals surface area contributed by atoms with Crippen LogP contribution in [0.25, 0.3) is 0 Å². The number of aromatic nitrogens is 2. The number of nitrogens with zero attached hydrogens (tertiary/aromatic N) is 5. The monoisotopic (exact) mass is 432 g/mol. The Balaban J connectivity index is 1.26. The lowest BCUT2D eigenvalue weighted by molar-refractivity contribution is -0.121. The lowest BCUT2D eigenvalue weighted by Gasteiger charge is -2.30. The van der Waals surface area contributed by atoms with Crippen molar-refractivity contribution in [1.82, 2.24) is 20.2 Å². The molecule has 3 heterocycles. The molecule has 29 heavy (non-hydrogen) atoms. The van der Waals surface area contributed by atoms with E-state index < -0.39 is 0 Å². The van der Waals surface area contributed by atoms with E-state index in [4.69, 9.17) is 23.2 Å². The number of likely N-dealkylation sites (tertiary alicyclic amines) is 1. The van der Waals surface area contributed by atoms with Gasteiger partial charge >= 0.3 is 0 Å². The van der Waals surface area contributed by atoms with E-state index in [9.17, 15) is 4.79 Å². The standard InChI is InChI=1S/C20H22Cl2N6O/c21-16-3-2-15(12-17(16)22)28-11-6-18(26-28)25-19(29)13-27-9-4-14(5-10-27)20-23-7-1-8-24-20/h1-3,7-8,12,14H,4-6,9-11,13H2,(H,25,26,29). The zero-order chi connectivity index (χ0) is 20.2. The van der Waals surface area contributed by atoms with Gasteiger partial charge in [-0.2, -0.15) is 5.10 Å². The van der Waals surface area contributed by atoms with Crippen molar-refractivity contribution in [2.45, 2.75) is 25.2 Å². The molecule has 7 nitrogen and oxygen atoms in total. The van der Waals surface area contributed by atoms with Crippen LogP contribution in [0.5, 0.6) is 0 Å². The molecule has 1 aromatic carbocycles. The summed E-state index contributed by atoms with van der Waals surface area (Å²) in [6, 6.07) is 7.22. The van der Waals surface area contributed by atoms with Gasteiger partial charge in [-0.15, -0.1) is 0 Å². The summed E-state index contributed by atoms with van der Waals surface area (Å²) in [5.41, 5.74) is 0.855. The molecule has 1 fully saturated rings. The van der Waals surface area contributed by atoms with Gasteiger partial charge in [0.2, 0.25) is 5.91 Å². The molecule has 152 valence electrons. The van der Waals surface area contributed by atoms with E-state index in [-0.39, 0.29) is 5.91 Å². The van der Waals surface area contributed by atoms with Crippen molar-refractivity contribution in [3.63, 3.8) is 0 Å². The summed E-state index contributed by atoms with van der Waals surface area (Å²) in [5.74, 6) is 1.91. The van der Waals surface area contributed by atoms with Crippen LogP contribution >= 0.6 is 23.2 Å². The fraction of sp³-hybridized carbons (Fsp3) is 0.400. The normalized spacial score (nSPS) is 18.0. The summed E-state index contributed by atoms with van der Waals surface area (Å²) >= 11 is 12.0. The van der Waals surface area contributed by atoms with Crippen molar-refractivity contribution in [2.24, 2.45) is 5.10 Å². The van der Waals surface area contributed by atoms with Crippen LogP contribution in [0, 0.1) is 0 Å². The molecule has 0 bridgehead atoms. The Morgan fingerprint density at radius 3 is 2.59 bits per heavy atom. The number of amidine groups is 1. The smallest absolute Gasteiger partial charge is 0.239 e. The largest absolute Gasteiger partial charge is 0.312 e. The third-order valence-corrected chi connectivity index (χ3v) is 5.93. The Kier molecular flexibility index (Phi) is 6.28. The second kappa shape index (κ2) is 9.07. The molecule has 2 aliphatic rings. The van der Waals surface area contributed by atoms with Crippen LogP contribution in [0.4, 0.5) is 5.69 Å². The highest BCUT2D eigenvalue weighted by atomic mass is 35.5. The molecule has 0 saturated carbocycles. The van der Waals surface area contributed by atoms with Crippen LogP contribution in [0.3, 0.4) is 0 Å². The molecule has 1 amide bonds. The van der Waals surface area contributed by atoms with Gasteiger partial charge in [0.05, 0.1) is 22.3 Å². The number of carbonyl (C=O) groups is 1. The summed E-state index contributed by atoms with van der Waals surface area (Å²) in [5, 5.41) is 10.3.